The molecule has 0 spiro atoms. The topological polar surface area (TPSA) is 43.4 Å². The van der Waals surface area contributed by atoms with E-state index < -0.39 is 9.84 Å². The van der Waals surface area contributed by atoms with Crippen LogP contribution >= 0.6 is 35.2 Å². The minimum atomic E-state index is -3.49. The minimum Gasteiger partial charge on any atom is -0.483 e. The van der Waals surface area contributed by atoms with Crippen LogP contribution in [0.25, 0.3) is 0 Å². The number of halogens is 1. The lowest BCUT2D eigenvalue weighted by molar-refractivity contribution is 0.394. The molecule has 0 bridgehead atoms. The van der Waals surface area contributed by atoms with E-state index in [-0.39, 0.29) is 10.8 Å². The molecule has 1 aromatic rings. The monoisotopic (exact) mass is 354 g/mol. The van der Waals surface area contributed by atoms with Crippen LogP contribution in [0.1, 0.15) is 0 Å². The van der Waals surface area contributed by atoms with E-state index in [2.05, 4.69) is 21.8 Å². The molecule has 0 radical (unpaired) electrons. The van der Waals surface area contributed by atoms with Crippen molar-refractivity contribution in [2.45, 2.75) is 4.90 Å². The van der Waals surface area contributed by atoms with E-state index in [1.807, 2.05) is 0 Å². The van der Waals surface area contributed by atoms with Gasteiger partial charge in [0, 0.05) is 27.8 Å². The van der Waals surface area contributed by atoms with Gasteiger partial charge in [-0.15, -0.1) is 12.6 Å². The Morgan fingerprint density at radius 1 is 1.33 bits per heavy atom. The van der Waals surface area contributed by atoms with Gasteiger partial charge in [0.2, 0.25) is 9.84 Å². The third-order valence-corrected chi connectivity index (χ3v) is 3.57. The highest BCUT2D eigenvalue weighted by atomic mass is 127. The summed E-state index contributed by atoms with van der Waals surface area (Å²) in [7, 11) is -3.49. The lowest BCUT2D eigenvalue weighted by Gasteiger charge is -2.02. The van der Waals surface area contributed by atoms with Gasteiger partial charge in [-0.1, -0.05) is 0 Å². The highest BCUT2D eigenvalue weighted by Crippen LogP contribution is 2.16. The van der Waals surface area contributed by atoms with Crippen LogP contribution in [0.5, 0.6) is 5.75 Å². The third-order valence-electron chi connectivity index (χ3n) is 1.54. The van der Waals surface area contributed by atoms with E-state index in [9.17, 15) is 8.42 Å². The Labute approximate surface area is 108 Å². The smallest absolute Gasteiger partial charge is 0.245 e. The highest BCUT2D eigenvalue weighted by Gasteiger charge is 2.10. The quantitative estimate of drug-likeness (QED) is 0.391. The molecular formula is C9H7IO3S2. The van der Waals surface area contributed by atoms with E-state index in [1.54, 1.807) is 34.7 Å². The molecule has 15 heavy (non-hydrogen) atoms. The van der Waals surface area contributed by atoms with Crippen molar-refractivity contribution in [3.63, 3.8) is 0 Å². The molecule has 0 unspecified atom stereocenters. The number of ether oxygens (including phenoxy) is 1. The van der Waals surface area contributed by atoms with Crippen LogP contribution in [0.2, 0.25) is 0 Å². The lowest BCUT2D eigenvalue weighted by atomic mass is 10.3. The number of hydrogen-bond acceptors (Lipinski definition) is 4. The van der Waals surface area contributed by atoms with Crippen LogP contribution in [-0.4, -0.2) is 14.4 Å². The average molecular weight is 354 g/mol. The van der Waals surface area contributed by atoms with Gasteiger partial charge < -0.3 is 4.74 Å². The predicted octanol–water partition coefficient (Wildman–Crippen LogP) is 2.08. The summed E-state index contributed by atoms with van der Waals surface area (Å²) in [5.41, 5.74) is 0. The fraction of sp³-hybridized carbons (Fsp3) is 0.111. The van der Waals surface area contributed by atoms with Crippen molar-refractivity contribution in [1.82, 2.24) is 0 Å². The molecule has 0 aliphatic rings. The Morgan fingerprint density at radius 2 is 1.93 bits per heavy atom. The number of rotatable bonds is 3. The van der Waals surface area contributed by atoms with Gasteiger partial charge in [-0.25, -0.2) is 8.42 Å². The molecule has 0 N–H and O–H groups in total. The van der Waals surface area contributed by atoms with Crippen molar-refractivity contribution in [3.05, 3.63) is 24.3 Å². The van der Waals surface area contributed by atoms with E-state index >= 15 is 0 Å². The van der Waals surface area contributed by atoms with Gasteiger partial charge in [0.15, 0.2) is 0 Å². The van der Waals surface area contributed by atoms with Crippen LogP contribution in [0, 0.1) is 9.18 Å². The Morgan fingerprint density at radius 3 is 2.40 bits per heavy atom. The van der Waals surface area contributed by atoms with Crippen molar-refractivity contribution in [1.29, 1.82) is 0 Å². The van der Waals surface area contributed by atoms with Crippen molar-refractivity contribution in [2.24, 2.45) is 0 Å². The number of sulfone groups is 1. The first-order chi connectivity index (χ1) is 7.10. The van der Waals surface area contributed by atoms with Gasteiger partial charge in [0.05, 0.1) is 4.90 Å². The lowest BCUT2D eigenvalue weighted by Crippen LogP contribution is -1.96. The van der Waals surface area contributed by atoms with E-state index in [0.29, 0.717) is 5.75 Å². The van der Waals surface area contributed by atoms with Crippen LogP contribution in [0.15, 0.2) is 29.2 Å². The summed E-state index contributed by atoms with van der Waals surface area (Å²) in [5, 5.41) is 2.14. The Bertz CT molecular complexity index is 482. The Kier molecular flexibility index (Phi) is 4.76. The first-order valence-corrected chi connectivity index (χ1v) is 7.01. The summed E-state index contributed by atoms with van der Waals surface area (Å²) < 4.78 is 30.3. The van der Waals surface area contributed by atoms with E-state index in [4.69, 9.17) is 4.74 Å². The SMILES string of the molecule is O=S(=O)(C#CI)c1ccc(OCS)cc1. The number of thiol groups is 1. The van der Waals surface area contributed by atoms with Crippen molar-refractivity contribution < 1.29 is 13.2 Å². The van der Waals surface area contributed by atoms with E-state index in [1.165, 1.54) is 12.1 Å². The summed E-state index contributed by atoms with van der Waals surface area (Å²) in [5.74, 6) is 0.825. The zero-order valence-electron chi connectivity index (χ0n) is 7.47. The molecule has 0 amide bonds. The molecular weight excluding hydrogens is 347 g/mol. The summed E-state index contributed by atoms with van der Waals surface area (Å²) in [6.07, 6.45) is 0. The maximum absolute atomic E-state index is 11.5. The van der Waals surface area contributed by atoms with Crippen molar-refractivity contribution in [2.75, 3.05) is 5.94 Å². The second-order valence-corrected chi connectivity index (χ2v) is 4.92. The highest BCUT2D eigenvalue weighted by molar-refractivity contribution is 14.1. The van der Waals surface area contributed by atoms with Crippen LogP contribution < -0.4 is 4.74 Å². The van der Waals surface area contributed by atoms with Gasteiger partial charge in [-0.3, -0.25) is 0 Å². The zero-order chi connectivity index (χ0) is 11.3. The predicted molar refractivity (Wildman–Crippen MR) is 69.9 cm³/mol. The first-order valence-electron chi connectivity index (χ1n) is 3.81. The minimum absolute atomic E-state index is 0.165. The van der Waals surface area contributed by atoms with Crippen LogP contribution in [0.4, 0.5) is 0 Å². The molecule has 0 fully saturated rings. The average Bonchev–Trinajstić information content (AvgIpc) is 2.19. The van der Waals surface area contributed by atoms with Crippen molar-refractivity contribution in [3.8, 4) is 14.9 Å². The molecule has 0 atom stereocenters. The maximum Gasteiger partial charge on any atom is 0.245 e. The first kappa shape index (κ1) is 12.7. The second-order valence-electron chi connectivity index (χ2n) is 2.44. The summed E-state index contributed by atoms with van der Waals surface area (Å²) in [6, 6.07) is 6.04. The van der Waals surface area contributed by atoms with Crippen LogP contribution in [-0.2, 0) is 9.84 Å². The molecule has 0 saturated heterocycles. The summed E-state index contributed by atoms with van der Waals surface area (Å²) >= 11 is 5.57. The standard InChI is InChI=1S/C9H7IO3S2/c10-5-6-15(11,12)9-3-1-8(2-4-9)13-7-14/h1-4,14H,7H2. The molecule has 1 rings (SSSR count). The molecule has 0 heterocycles. The fourth-order valence-electron chi connectivity index (χ4n) is 0.899. The molecule has 0 aliphatic heterocycles. The number of benzene rings is 1. The Balaban J connectivity index is 3.02. The molecule has 1 aromatic carbocycles. The van der Waals surface area contributed by atoms with Gasteiger partial charge in [-0.2, -0.15) is 0 Å². The van der Waals surface area contributed by atoms with Gasteiger partial charge >= 0.3 is 0 Å². The van der Waals surface area contributed by atoms with Crippen LogP contribution in [0.3, 0.4) is 0 Å². The number of hydrogen-bond donors (Lipinski definition) is 1. The maximum atomic E-state index is 11.5. The largest absolute Gasteiger partial charge is 0.483 e. The molecule has 6 heteroatoms. The van der Waals surface area contributed by atoms with E-state index in [0.717, 1.165) is 0 Å². The zero-order valence-corrected chi connectivity index (χ0v) is 11.3. The molecule has 3 nitrogen and oxygen atoms in total. The normalized spacial score (nSPS) is 10.3. The third kappa shape index (κ3) is 3.59. The summed E-state index contributed by atoms with van der Waals surface area (Å²) in [6.45, 7) is 0. The fourth-order valence-corrected chi connectivity index (χ4v) is 2.63. The Hall–Kier alpha value is -0.390. The molecule has 80 valence electrons. The summed E-state index contributed by atoms with van der Waals surface area (Å²) in [4.78, 5) is 0.165. The molecule has 0 saturated carbocycles. The second kappa shape index (κ2) is 5.63. The van der Waals surface area contributed by atoms with Crippen molar-refractivity contribution >= 4 is 45.1 Å². The van der Waals surface area contributed by atoms with Gasteiger partial charge in [0.1, 0.15) is 11.7 Å². The molecule has 0 aromatic heterocycles. The molecule has 0 aliphatic carbocycles. The van der Waals surface area contributed by atoms with Gasteiger partial charge in [-0.05, 0) is 28.2 Å². The van der Waals surface area contributed by atoms with Gasteiger partial charge in [0.25, 0.3) is 0 Å².